The van der Waals surface area contributed by atoms with E-state index < -0.39 is 0 Å². The Morgan fingerprint density at radius 3 is 2.79 bits per heavy atom. The topological polar surface area (TPSA) is 30.5 Å². The Hall–Kier alpha value is -1.06. The van der Waals surface area contributed by atoms with Crippen molar-refractivity contribution >= 4 is 0 Å². The number of benzene rings is 1. The van der Waals surface area contributed by atoms with Crippen LogP contribution in [0.15, 0.2) is 18.2 Å². The highest BCUT2D eigenvalue weighted by molar-refractivity contribution is 5.44. The highest BCUT2D eigenvalue weighted by atomic mass is 16.5. The fraction of sp³-hybridized carbons (Fsp3) is 0.625. The van der Waals surface area contributed by atoms with Crippen LogP contribution in [0.5, 0.6) is 5.75 Å². The SMILES string of the molecule is COc1ccc(C)cc1C1(C2CCCNC2)COC1. The van der Waals surface area contributed by atoms with Crippen molar-refractivity contribution in [2.75, 3.05) is 33.4 Å². The van der Waals surface area contributed by atoms with Crippen molar-refractivity contribution in [2.24, 2.45) is 5.92 Å². The molecule has 0 aliphatic carbocycles. The van der Waals surface area contributed by atoms with Gasteiger partial charge in [0.2, 0.25) is 0 Å². The van der Waals surface area contributed by atoms with Crippen LogP contribution in [-0.4, -0.2) is 33.4 Å². The van der Waals surface area contributed by atoms with Crippen LogP contribution >= 0.6 is 0 Å². The Labute approximate surface area is 115 Å². The van der Waals surface area contributed by atoms with Crippen LogP contribution in [0.3, 0.4) is 0 Å². The van der Waals surface area contributed by atoms with Gasteiger partial charge in [0.1, 0.15) is 5.75 Å². The molecule has 1 aromatic carbocycles. The van der Waals surface area contributed by atoms with Gasteiger partial charge in [-0.25, -0.2) is 0 Å². The fourth-order valence-electron chi connectivity index (χ4n) is 3.47. The summed E-state index contributed by atoms with van der Waals surface area (Å²) in [5.74, 6) is 1.67. The normalized spacial score (nSPS) is 25.7. The minimum Gasteiger partial charge on any atom is -0.496 e. The molecule has 0 radical (unpaired) electrons. The summed E-state index contributed by atoms with van der Waals surface area (Å²) in [6.07, 6.45) is 2.55. The van der Waals surface area contributed by atoms with Crippen molar-refractivity contribution in [1.29, 1.82) is 0 Å². The lowest BCUT2D eigenvalue weighted by atomic mass is 9.65. The van der Waals surface area contributed by atoms with Crippen molar-refractivity contribution in [3.05, 3.63) is 29.3 Å². The van der Waals surface area contributed by atoms with Crippen molar-refractivity contribution in [3.63, 3.8) is 0 Å². The first-order valence-corrected chi connectivity index (χ1v) is 7.20. The molecule has 3 nitrogen and oxygen atoms in total. The molecule has 3 heteroatoms. The van der Waals surface area contributed by atoms with E-state index >= 15 is 0 Å². The number of ether oxygens (including phenoxy) is 2. The van der Waals surface area contributed by atoms with E-state index in [0.717, 1.165) is 32.1 Å². The molecule has 3 rings (SSSR count). The minimum absolute atomic E-state index is 0.158. The predicted octanol–water partition coefficient (Wildman–Crippen LogP) is 2.27. The van der Waals surface area contributed by atoms with Crippen LogP contribution in [0.2, 0.25) is 0 Å². The quantitative estimate of drug-likeness (QED) is 0.905. The van der Waals surface area contributed by atoms with E-state index in [-0.39, 0.29) is 5.41 Å². The van der Waals surface area contributed by atoms with E-state index in [0.29, 0.717) is 5.92 Å². The Kier molecular flexibility index (Phi) is 3.50. The average Bonchev–Trinajstić information content (AvgIpc) is 2.39. The summed E-state index contributed by atoms with van der Waals surface area (Å²) in [6.45, 7) is 6.06. The number of hydrogen-bond acceptors (Lipinski definition) is 3. The number of hydrogen-bond donors (Lipinski definition) is 1. The van der Waals surface area contributed by atoms with E-state index in [1.54, 1.807) is 7.11 Å². The summed E-state index contributed by atoms with van der Waals surface area (Å²) in [5.41, 5.74) is 2.80. The average molecular weight is 261 g/mol. The first-order chi connectivity index (χ1) is 9.26. The zero-order chi connectivity index (χ0) is 13.3. The molecule has 1 unspecified atom stereocenters. The lowest BCUT2D eigenvalue weighted by Gasteiger charge is -2.49. The van der Waals surface area contributed by atoms with Crippen LogP contribution in [0.4, 0.5) is 0 Å². The molecule has 2 fully saturated rings. The first-order valence-electron chi connectivity index (χ1n) is 7.20. The number of methoxy groups -OCH3 is 1. The molecule has 0 spiro atoms. The van der Waals surface area contributed by atoms with Gasteiger partial charge in [-0.1, -0.05) is 17.7 Å². The van der Waals surface area contributed by atoms with Gasteiger partial charge in [0.05, 0.1) is 20.3 Å². The Morgan fingerprint density at radius 2 is 2.21 bits per heavy atom. The minimum atomic E-state index is 0.158. The van der Waals surface area contributed by atoms with Gasteiger partial charge in [-0.3, -0.25) is 0 Å². The third-order valence-corrected chi connectivity index (χ3v) is 4.69. The molecule has 0 amide bonds. The summed E-state index contributed by atoms with van der Waals surface area (Å²) in [4.78, 5) is 0. The number of rotatable bonds is 3. The molecule has 0 aromatic heterocycles. The lowest BCUT2D eigenvalue weighted by Crippen LogP contribution is -2.56. The highest BCUT2D eigenvalue weighted by Gasteiger charge is 2.48. The third kappa shape index (κ3) is 2.15. The smallest absolute Gasteiger partial charge is 0.122 e. The monoisotopic (exact) mass is 261 g/mol. The molecule has 0 saturated carbocycles. The van der Waals surface area contributed by atoms with Crippen LogP contribution in [-0.2, 0) is 10.2 Å². The van der Waals surface area contributed by atoms with Crippen LogP contribution < -0.4 is 10.1 Å². The first kappa shape index (κ1) is 12.9. The molecule has 1 N–H and O–H groups in total. The molecule has 2 heterocycles. The molecule has 1 atom stereocenters. The van der Waals surface area contributed by atoms with Crippen LogP contribution in [0.1, 0.15) is 24.0 Å². The number of piperidine rings is 1. The molecule has 2 saturated heterocycles. The van der Waals surface area contributed by atoms with Gasteiger partial charge in [-0.15, -0.1) is 0 Å². The molecule has 19 heavy (non-hydrogen) atoms. The van der Waals surface area contributed by atoms with Gasteiger partial charge in [-0.2, -0.15) is 0 Å². The van der Waals surface area contributed by atoms with Crippen molar-refractivity contribution in [3.8, 4) is 5.75 Å². The van der Waals surface area contributed by atoms with Gasteiger partial charge in [0.15, 0.2) is 0 Å². The van der Waals surface area contributed by atoms with Crippen molar-refractivity contribution in [2.45, 2.75) is 25.2 Å². The summed E-state index contributed by atoms with van der Waals surface area (Å²) in [5, 5.41) is 3.53. The van der Waals surface area contributed by atoms with E-state index in [4.69, 9.17) is 9.47 Å². The summed E-state index contributed by atoms with van der Waals surface area (Å²) in [7, 11) is 1.76. The van der Waals surface area contributed by atoms with Gasteiger partial charge >= 0.3 is 0 Å². The van der Waals surface area contributed by atoms with E-state index in [2.05, 4.69) is 30.4 Å². The zero-order valence-corrected chi connectivity index (χ0v) is 11.9. The maximum atomic E-state index is 5.60. The van der Waals surface area contributed by atoms with Gasteiger partial charge in [0.25, 0.3) is 0 Å². The standard InChI is InChI=1S/C16H23NO2/c1-12-5-6-15(18-2)14(8-12)16(10-19-11-16)13-4-3-7-17-9-13/h5-6,8,13,17H,3-4,7,9-11H2,1-2H3. The molecule has 2 aliphatic heterocycles. The van der Waals surface area contributed by atoms with Gasteiger partial charge < -0.3 is 14.8 Å². The van der Waals surface area contributed by atoms with Gasteiger partial charge in [0, 0.05) is 11.0 Å². The lowest BCUT2D eigenvalue weighted by molar-refractivity contribution is -0.0956. The van der Waals surface area contributed by atoms with Crippen LogP contribution in [0.25, 0.3) is 0 Å². The van der Waals surface area contributed by atoms with E-state index in [9.17, 15) is 0 Å². The summed E-state index contributed by atoms with van der Waals surface area (Å²) < 4.78 is 11.2. The Balaban J connectivity index is 1.99. The molecule has 2 aliphatic rings. The second-order valence-electron chi connectivity index (χ2n) is 5.90. The van der Waals surface area contributed by atoms with Crippen molar-refractivity contribution < 1.29 is 9.47 Å². The number of nitrogens with one attached hydrogen (secondary N) is 1. The molecule has 0 bridgehead atoms. The third-order valence-electron chi connectivity index (χ3n) is 4.69. The van der Waals surface area contributed by atoms with E-state index in [1.165, 1.54) is 24.0 Å². The maximum absolute atomic E-state index is 5.60. The molecule has 1 aromatic rings. The summed E-state index contributed by atoms with van der Waals surface area (Å²) >= 11 is 0. The molecular weight excluding hydrogens is 238 g/mol. The van der Waals surface area contributed by atoms with Gasteiger partial charge in [-0.05, 0) is 44.8 Å². The zero-order valence-electron chi connectivity index (χ0n) is 11.9. The fourth-order valence-corrected chi connectivity index (χ4v) is 3.47. The Morgan fingerprint density at radius 1 is 1.37 bits per heavy atom. The predicted molar refractivity (Wildman–Crippen MR) is 75.8 cm³/mol. The van der Waals surface area contributed by atoms with E-state index in [1.807, 2.05) is 0 Å². The molecular formula is C16H23NO2. The number of aryl methyl sites for hydroxylation is 1. The summed E-state index contributed by atoms with van der Waals surface area (Å²) in [6, 6.07) is 6.51. The second kappa shape index (κ2) is 5.14. The molecule has 104 valence electrons. The largest absolute Gasteiger partial charge is 0.496 e. The Bertz CT molecular complexity index is 448. The maximum Gasteiger partial charge on any atom is 0.122 e. The van der Waals surface area contributed by atoms with Crippen molar-refractivity contribution in [1.82, 2.24) is 5.32 Å². The highest BCUT2D eigenvalue weighted by Crippen LogP contribution is 2.46. The second-order valence-corrected chi connectivity index (χ2v) is 5.90. The van der Waals surface area contributed by atoms with Crippen LogP contribution in [0, 0.1) is 12.8 Å².